The second kappa shape index (κ2) is 11.3. The van der Waals surface area contributed by atoms with E-state index in [-0.39, 0.29) is 57.3 Å². The van der Waals surface area contributed by atoms with Gasteiger partial charge in [0.2, 0.25) is 5.97 Å². The molecule has 3 aromatic rings. The Morgan fingerprint density at radius 1 is 1.12 bits per heavy atom. The second-order valence-electron chi connectivity index (χ2n) is 10.4. The number of nitriles is 2. The molecule has 1 fully saturated rings. The first-order chi connectivity index (χ1) is 18.9. The maximum Gasteiger partial charge on any atom is 0.214 e. The Morgan fingerprint density at radius 3 is 2.38 bits per heavy atom. The molecule has 1 aliphatic heterocycles. The van der Waals surface area contributed by atoms with Crippen LogP contribution < -0.4 is 16.0 Å². The summed E-state index contributed by atoms with van der Waals surface area (Å²) >= 11 is 0. The molecule has 5 N–H and O–H groups in total. The summed E-state index contributed by atoms with van der Waals surface area (Å²) in [4.78, 5) is 6.63. The SMILES string of the molecule is CC(C)(O)CNc1cc(F)c(-c2c(C#N)cc(N3CCC(N)CC3)nc2-c2ccc(C#N)c(F)c2)cc1C(=N)F. The molecular formula is C29H28F3N7O. The molecular weight excluding hydrogens is 519 g/mol. The van der Waals surface area contributed by atoms with Crippen LogP contribution in [0.1, 0.15) is 43.4 Å². The number of halogens is 3. The van der Waals surface area contributed by atoms with E-state index >= 15 is 4.39 Å². The minimum Gasteiger partial charge on any atom is -0.389 e. The largest absolute Gasteiger partial charge is 0.389 e. The van der Waals surface area contributed by atoms with Crippen molar-refractivity contribution in [2.24, 2.45) is 5.73 Å². The molecule has 0 spiro atoms. The first-order valence-corrected chi connectivity index (χ1v) is 12.6. The zero-order valence-corrected chi connectivity index (χ0v) is 22.0. The molecule has 4 rings (SSSR count). The highest BCUT2D eigenvalue weighted by molar-refractivity contribution is 5.99. The molecule has 11 heteroatoms. The lowest BCUT2D eigenvalue weighted by Gasteiger charge is -2.32. The maximum atomic E-state index is 15.7. The number of aromatic nitrogens is 1. The van der Waals surface area contributed by atoms with Gasteiger partial charge >= 0.3 is 0 Å². The second-order valence-corrected chi connectivity index (χ2v) is 10.4. The van der Waals surface area contributed by atoms with Gasteiger partial charge in [-0.2, -0.15) is 14.9 Å². The van der Waals surface area contributed by atoms with Gasteiger partial charge in [-0.3, -0.25) is 5.41 Å². The Hall–Kier alpha value is -4.45. The van der Waals surface area contributed by atoms with Crippen LogP contribution in [0.25, 0.3) is 22.4 Å². The zero-order valence-electron chi connectivity index (χ0n) is 22.0. The van der Waals surface area contributed by atoms with Crippen LogP contribution >= 0.6 is 0 Å². The van der Waals surface area contributed by atoms with Gasteiger partial charge < -0.3 is 21.1 Å². The number of aliphatic hydroxyl groups is 1. The quantitative estimate of drug-likeness (QED) is 0.310. The van der Waals surface area contributed by atoms with Gasteiger partial charge in [0.05, 0.1) is 34.1 Å². The predicted octanol–water partition coefficient (Wildman–Crippen LogP) is 4.84. The fourth-order valence-corrected chi connectivity index (χ4v) is 4.55. The molecule has 206 valence electrons. The van der Waals surface area contributed by atoms with Crippen LogP contribution in [0.4, 0.5) is 24.7 Å². The topological polar surface area (TPSA) is 146 Å². The predicted molar refractivity (Wildman–Crippen MR) is 147 cm³/mol. The van der Waals surface area contributed by atoms with Gasteiger partial charge in [-0.25, -0.2) is 13.8 Å². The normalized spacial score (nSPS) is 14.0. The Bertz CT molecular complexity index is 1550. The number of nitrogens with zero attached hydrogens (tertiary/aromatic N) is 4. The lowest BCUT2D eigenvalue weighted by molar-refractivity contribution is 0.0945. The molecule has 0 bridgehead atoms. The molecule has 0 unspecified atom stereocenters. The van der Waals surface area contributed by atoms with Crippen LogP contribution in [0.3, 0.4) is 0 Å². The number of piperidine rings is 1. The molecule has 0 radical (unpaired) electrons. The number of anilines is 2. The number of hydrogen-bond acceptors (Lipinski definition) is 8. The minimum atomic E-state index is -1.36. The Morgan fingerprint density at radius 2 is 1.80 bits per heavy atom. The third-order valence-electron chi connectivity index (χ3n) is 6.68. The van der Waals surface area contributed by atoms with E-state index in [9.17, 15) is 24.4 Å². The van der Waals surface area contributed by atoms with Crippen molar-refractivity contribution in [3.8, 4) is 34.5 Å². The number of hydrogen-bond donors (Lipinski definition) is 4. The lowest BCUT2D eigenvalue weighted by Crippen LogP contribution is -2.40. The highest BCUT2D eigenvalue weighted by Crippen LogP contribution is 2.40. The molecule has 1 saturated heterocycles. The van der Waals surface area contributed by atoms with Crippen LogP contribution in [-0.2, 0) is 0 Å². The molecule has 40 heavy (non-hydrogen) atoms. The standard InChI is InChI=1S/C29H28F3N7O/c1-29(2,40)15-37-24-12-23(31)20(11-21(24)28(32)36)26-18(14-34)10-25(39-7-5-19(35)6-8-39)38-27(26)16-3-4-17(13-33)22(30)9-16/h3-4,9-12,19,36-37,40H,5-8,15,35H2,1-2H3. The summed E-state index contributed by atoms with van der Waals surface area (Å²) in [6.45, 7) is 4.10. The first kappa shape index (κ1) is 28.6. The zero-order chi connectivity index (χ0) is 29.2. The van der Waals surface area contributed by atoms with E-state index in [0.717, 1.165) is 18.2 Å². The molecule has 2 aromatic carbocycles. The van der Waals surface area contributed by atoms with E-state index in [0.29, 0.717) is 31.7 Å². The van der Waals surface area contributed by atoms with E-state index in [4.69, 9.17) is 16.1 Å². The molecule has 1 aromatic heterocycles. The Balaban J connectivity index is 1.96. The van der Waals surface area contributed by atoms with Crippen molar-refractivity contribution in [3.05, 3.63) is 64.7 Å². The molecule has 0 amide bonds. The number of rotatable bonds is 7. The van der Waals surface area contributed by atoms with Crippen molar-refractivity contribution in [2.45, 2.75) is 38.3 Å². The van der Waals surface area contributed by atoms with Gasteiger partial charge in [0.25, 0.3) is 0 Å². The van der Waals surface area contributed by atoms with Crippen molar-refractivity contribution in [2.75, 3.05) is 29.9 Å². The smallest absolute Gasteiger partial charge is 0.214 e. The number of benzene rings is 2. The van der Waals surface area contributed by atoms with Gasteiger partial charge in [-0.15, -0.1) is 0 Å². The van der Waals surface area contributed by atoms with Crippen molar-refractivity contribution >= 4 is 17.5 Å². The van der Waals surface area contributed by atoms with E-state index < -0.39 is 23.2 Å². The van der Waals surface area contributed by atoms with Gasteiger partial charge in [-0.05, 0) is 57.0 Å². The number of nitrogens with two attached hydrogens (primary N) is 1. The lowest BCUT2D eigenvalue weighted by atomic mass is 9.92. The van der Waals surface area contributed by atoms with Crippen molar-refractivity contribution in [1.82, 2.24) is 4.98 Å². The van der Waals surface area contributed by atoms with Gasteiger partial charge in [0, 0.05) is 48.1 Å². The summed E-state index contributed by atoms with van der Waals surface area (Å²) in [6, 6.07) is 11.2. The Labute approximate surface area is 230 Å². The average molecular weight is 548 g/mol. The summed E-state index contributed by atoms with van der Waals surface area (Å²) < 4.78 is 44.9. The van der Waals surface area contributed by atoms with Gasteiger partial charge in [0.15, 0.2) is 0 Å². The summed E-state index contributed by atoms with van der Waals surface area (Å²) in [7, 11) is 0. The highest BCUT2D eigenvalue weighted by Gasteiger charge is 2.26. The molecule has 2 heterocycles. The molecule has 0 atom stereocenters. The summed E-state index contributed by atoms with van der Waals surface area (Å²) in [5.74, 6) is -2.63. The molecule has 0 saturated carbocycles. The van der Waals surface area contributed by atoms with Crippen LogP contribution in [0.5, 0.6) is 0 Å². The van der Waals surface area contributed by atoms with E-state index in [2.05, 4.69) is 11.4 Å². The third-order valence-corrected chi connectivity index (χ3v) is 6.68. The number of nitrogens with one attached hydrogen (secondary N) is 2. The minimum absolute atomic E-state index is 0.00655. The van der Waals surface area contributed by atoms with E-state index in [1.165, 1.54) is 32.0 Å². The van der Waals surface area contributed by atoms with Gasteiger partial charge in [-0.1, -0.05) is 6.07 Å². The first-order valence-electron chi connectivity index (χ1n) is 12.6. The molecule has 0 aliphatic carbocycles. The molecule has 1 aliphatic rings. The summed E-state index contributed by atoms with van der Waals surface area (Å²) in [6.07, 6.45) is 1.39. The van der Waals surface area contributed by atoms with Crippen LogP contribution in [0.15, 0.2) is 36.4 Å². The van der Waals surface area contributed by atoms with Crippen LogP contribution in [-0.4, -0.2) is 47.3 Å². The summed E-state index contributed by atoms with van der Waals surface area (Å²) in [5.41, 5.74) is 4.28. The van der Waals surface area contributed by atoms with Crippen LogP contribution in [0.2, 0.25) is 0 Å². The number of pyridine rings is 1. The van der Waals surface area contributed by atoms with Gasteiger partial charge in [0.1, 0.15) is 23.5 Å². The van der Waals surface area contributed by atoms with Crippen molar-refractivity contribution in [1.29, 1.82) is 15.9 Å². The summed E-state index contributed by atoms with van der Waals surface area (Å²) in [5, 5.41) is 39.8. The highest BCUT2D eigenvalue weighted by atomic mass is 19.1. The van der Waals surface area contributed by atoms with Crippen LogP contribution in [0, 0.1) is 39.7 Å². The molecule has 8 nitrogen and oxygen atoms in total. The fraction of sp³-hybridized carbons (Fsp3) is 0.310. The fourth-order valence-electron chi connectivity index (χ4n) is 4.55. The van der Waals surface area contributed by atoms with Crippen molar-refractivity contribution < 1.29 is 18.3 Å². The van der Waals surface area contributed by atoms with E-state index in [1.54, 1.807) is 6.07 Å². The van der Waals surface area contributed by atoms with Crippen molar-refractivity contribution in [3.63, 3.8) is 0 Å². The monoisotopic (exact) mass is 547 g/mol. The average Bonchev–Trinajstić information content (AvgIpc) is 2.91. The maximum absolute atomic E-state index is 15.7. The third kappa shape index (κ3) is 6.07. The van der Waals surface area contributed by atoms with E-state index in [1.807, 2.05) is 4.90 Å². The Kier molecular flexibility index (Phi) is 8.10.